The summed E-state index contributed by atoms with van der Waals surface area (Å²) in [5.41, 5.74) is 0.995. The molecule has 2 aromatic carbocycles. The van der Waals surface area contributed by atoms with Crippen molar-refractivity contribution in [2.24, 2.45) is 0 Å². The van der Waals surface area contributed by atoms with Gasteiger partial charge in [-0.3, -0.25) is 4.79 Å². The van der Waals surface area contributed by atoms with E-state index in [9.17, 15) is 13.6 Å². The van der Waals surface area contributed by atoms with Gasteiger partial charge in [-0.2, -0.15) is 0 Å². The number of hydrogen-bond acceptors (Lipinski definition) is 5. The van der Waals surface area contributed by atoms with Gasteiger partial charge in [0, 0.05) is 43.7 Å². The number of carbonyl (C=O) groups excluding carboxylic acids is 1. The summed E-state index contributed by atoms with van der Waals surface area (Å²) in [5, 5.41) is 10.9. The van der Waals surface area contributed by atoms with Crippen molar-refractivity contribution < 1.29 is 13.6 Å². The topological polar surface area (TPSA) is 49.3 Å². The summed E-state index contributed by atoms with van der Waals surface area (Å²) >= 11 is 7.43. The molecule has 1 fully saturated rings. The second kappa shape index (κ2) is 8.42. The smallest absolute Gasteiger partial charge is 0.256 e. The first-order chi connectivity index (χ1) is 14.0. The first-order valence-electron chi connectivity index (χ1n) is 9.06. The van der Waals surface area contributed by atoms with Gasteiger partial charge in [-0.25, -0.2) is 8.78 Å². The van der Waals surface area contributed by atoms with Gasteiger partial charge in [0.15, 0.2) is 0 Å². The molecule has 0 bridgehead atoms. The quantitative estimate of drug-likeness (QED) is 0.622. The van der Waals surface area contributed by atoms with Crippen LogP contribution in [0.25, 0.3) is 0 Å². The highest BCUT2D eigenvalue weighted by atomic mass is 35.5. The molecule has 0 unspecified atom stereocenters. The molecule has 0 N–H and O–H groups in total. The summed E-state index contributed by atoms with van der Waals surface area (Å²) in [6.45, 7) is 2.01. The molecule has 2 heterocycles. The highest BCUT2D eigenvalue weighted by Crippen LogP contribution is 2.24. The van der Waals surface area contributed by atoms with Crippen molar-refractivity contribution in [1.82, 2.24) is 15.1 Å². The van der Waals surface area contributed by atoms with Gasteiger partial charge in [-0.15, -0.1) is 10.2 Å². The fourth-order valence-electron chi connectivity index (χ4n) is 3.15. The lowest BCUT2D eigenvalue weighted by molar-refractivity contribution is 0.0742. The Balaban J connectivity index is 1.36. The number of amides is 1. The lowest BCUT2D eigenvalue weighted by Crippen LogP contribution is -2.49. The molecule has 0 radical (unpaired) electrons. The van der Waals surface area contributed by atoms with Gasteiger partial charge in [-0.05, 0) is 29.8 Å². The van der Waals surface area contributed by atoms with Crippen LogP contribution in [0.15, 0.2) is 42.5 Å². The molecule has 0 aliphatic carbocycles. The van der Waals surface area contributed by atoms with E-state index in [1.807, 2.05) is 24.3 Å². The van der Waals surface area contributed by atoms with Crippen LogP contribution in [-0.2, 0) is 6.42 Å². The lowest BCUT2D eigenvalue weighted by atomic mass is 10.1. The van der Waals surface area contributed by atoms with Gasteiger partial charge in [0.05, 0.1) is 5.56 Å². The number of piperazine rings is 1. The van der Waals surface area contributed by atoms with E-state index in [1.54, 1.807) is 4.90 Å². The summed E-state index contributed by atoms with van der Waals surface area (Å²) in [5.74, 6) is -1.97. The fourth-order valence-corrected chi connectivity index (χ4v) is 4.21. The lowest BCUT2D eigenvalue weighted by Gasteiger charge is -2.34. The van der Waals surface area contributed by atoms with Gasteiger partial charge in [0.1, 0.15) is 16.6 Å². The van der Waals surface area contributed by atoms with E-state index < -0.39 is 17.5 Å². The molecule has 1 aliphatic heterocycles. The largest absolute Gasteiger partial charge is 0.343 e. The second-order valence-electron chi connectivity index (χ2n) is 6.69. The summed E-state index contributed by atoms with van der Waals surface area (Å²) in [7, 11) is 0. The number of carbonyl (C=O) groups is 1. The van der Waals surface area contributed by atoms with E-state index in [-0.39, 0.29) is 5.56 Å². The van der Waals surface area contributed by atoms with Gasteiger partial charge in [0.25, 0.3) is 5.91 Å². The van der Waals surface area contributed by atoms with Crippen LogP contribution in [0.4, 0.5) is 13.9 Å². The van der Waals surface area contributed by atoms with Crippen LogP contribution in [0.3, 0.4) is 0 Å². The maximum Gasteiger partial charge on any atom is 0.256 e. The number of benzene rings is 2. The van der Waals surface area contributed by atoms with Crippen molar-refractivity contribution in [3.8, 4) is 0 Å². The molecule has 0 spiro atoms. The standard InChI is InChI=1S/C20H17ClF2N4OS/c21-14-3-1-13(2-4-14)11-18-24-25-20(29-18)27-9-7-26(8-10-27)19(28)16-6-5-15(22)12-17(16)23/h1-6,12H,7-11H2. The maximum absolute atomic E-state index is 13.9. The van der Waals surface area contributed by atoms with Crippen LogP contribution in [0.1, 0.15) is 20.9 Å². The van der Waals surface area contributed by atoms with Crippen molar-refractivity contribution in [1.29, 1.82) is 0 Å². The Hall–Kier alpha value is -2.58. The normalized spacial score (nSPS) is 14.3. The van der Waals surface area contributed by atoms with Crippen LogP contribution >= 0.6 is 22.9 Å². The summed E-state index contributed by atoms with van der Waals surface area (Å²) in [6.07, 6.45) is 0.678. The van der Waals surface area contributed by atoms with Gasteiger partial charge < -0.3 is 9.80 Å². The SMILES string of the molecule is O=C(c1ccc(F)cc1F)N1CCN(c2nnc(Cc3ccc(Cl)cc3)s2)CC1. The van der Waals surface area contributed by atoms with Crippen molar-refractivity contribution in [3.05, 3.63) is 75.3 Å². The molecular weight excluding hydrogens is 418 g/mol. The third-order valence-corrected chi connectivity index (χ3v) is 5.96. The van der Waals surface area contributed by atoms with Crippen LogP contribution in [0, 0.1) is 11.6 Å². The number of hydrogen-bond donors (Lipinski definition) is 0. The van der Waals surface area contributed by atoms with Gasteiger partial charge in [-0.1, -0.05) is 35.1 Å². The zero-order chi connectivity index (χ0) is 20.4. The van der Waals surface area contributed by atoms with Crippen molar-refractivity contribution in [2.45, 2.75) is 6.42 Å². The first-order valence-corrected chi connectivity index (χ1v) is 10.2. The first kappa shape index (κ1) is 19.7. The second-order valence-corrected chi connectivity index (χ2v) is 8.16. The third-order valence-electron chi connectivity index (χ3n) is 4.72. The highest BCUT2D eigenvalue weighted by molar-refractivity contribution is 7.15. The summed E-state index contributed by atoms with van der Waals surface area (Å²) in [4.78, 5) is 16.2. The molecular formula is C20H17ClF2N4OS. The Labute approximate surface area is 175 Å². The van der Waals surface area contributed by atoms with Crippen LogP contribution < -0.4 is 4.90 Å². The molecule has 1 aromatic heterocycles. The Morgan fingerprint density at radius 2 is 1.76 bits per heavy atom. The Morgan fingerprint density at radius 3 is 2.45 bits per heavy atom. The summed E-state index contributed by atoms with van der Waals surface area (Å²) in [6, 6.07) is 10.6. The number of anilines is 1. The Bertz CT molecular complexity index is 1020. The molecule has 1 saturated heterocycles. The average molecular weight is 435 g/mol. The van der Waals surface area contributed by atoms with Crippen molar-refractivity contribution >= 4 is 34.0 Å². The van der Waals surface area contributed by atoms with E-state index in [1.165, 1.54) is 17.4 Å². The minimum Gasteiger partial charge on any atom is -0.343 e. The van der Waals surface area contributed by atoms with Crippen molar-refractivity contribution in [3.63, 3.8) is 0 Å². The molecule has 0 atom stereocenters. The Kier molecular flexibility index (Phi) is 5.73. The highest BCUT2D eigenvalue weighted by Gasteiger charge is 2.25. The zero-order valence-corrected chi connectivity index (χ0v) is 16.9. The van der Waals surface area contributed by atoms with E-state index in [2.05, 4.69) is 15.1 Å². The van der Waals surface area contributed by atoms with Crippen molar-refractivity contribution in [2.75, 3.05) is 31.1 Å². The van der Waals surface area contributed by atoms with E-state index >= 15 is 0 Å². The number of rotatable bonds is 4. The van der Waals surface area contributed by atoms with Gasteiger partial charge >= 0.3 is 0 Å². The van der Waals surface area contributed by atoms with Gasteiger partial charge in [0.2, 0.25) is 5.13 Å². The van der Waals surface area contributed by atoms with Crippen LogP contribution in [-0.4, -0.2) is 47.2 Å². The van der Waals surface area contributed by atoms with E-state index in [0.717, 1.165) is 27.8 Å². The number of halogens is 3. The van der Waals surface area contributed by atoms with Crippen LogP contribution in [0.5, 0.6) is 0 Å². The molecule has 9 heteroatoms. The molecule has 5 nitrogen and oxygen atoms in total. The molecule has 4 rings (SSSR count). The zero-order valence-electron chi connectivity index (χ0n) is 15.3. The molecule has 1 aliphatic rings. The van der Waals surface area contributed by atoms with E-state index in [0.29, 0.717) is 37.6 Å². The predicted molar refractivity (Wildman–Crippen MR) is 109 cm³/mol. The molecule has 150 valence electrons. The maximum atomic E-state index is 13.9. The monoisotopic (exact) mass is 434 g/mol. The average Bonchev–Trinajstić information content (AvgIpc) is 3.18. The summed E-state index contributed by atoms with van der Waals surface area (Å²) < 4.78 is 26.9. The van der Waals surface area contributed by atoms with Crippen LogP contribution in [0.2, 0.25) is 5.02 Å². The molecule has 3 aromatic rings. The molecule has 29 heavy (non-hydrogen) atoms. The molecule has 0 saturated carbocycles. The Morgan fingerprint density at radius 1 is 1.03 bits per heavy atom. The fraction of sp³-hybridized carbons (Fsp3) is 0.250. The molecule has 1 amide bonds. The van der Waals surface area contributed by atoms with E-state index in [4.69, 9.17) is 11.6 Å². The predicted octanol–water partition coefficient (Wildman–Crippen LogP) is 4.02. The minimum absolute atomic E-state index is 0.110. The minimum atomic E-state index is -0.839. The third kappa shape index (κ3) is 4.54. The number of nitrogens with zero attached hydrogens (tertiary/aromatic N) is 4. The number of aromatic nitrogens is 2.